The minimum Gasteiger partial charge on any atom is -0.374 e. The van der Waals surface area contributed by atoms with Crippen molar-refractivity contribution < 1.29 is 0 Å². The highest BCUT2D eigenvalue weighted by Crippen LogP contribution is 2.18. The Hall–Kier alpha value is -1.80. The van der Waals surface area contributed by atoms with Crippen LogP contribution in [0.1, 0.15) is 23.6 Å². The molecule has 1 N–H and O–H groups in total. The summed E-state index contributed by atoms with van der Waals surface area (Å²) in [6.45, 7) is 7.34. The quantitative estimate of drug-likeness (QED) is 0.831. The van der Waals surface area contributed by atoms with E-state index in [9.17, 15) is 0 Å². The van der Waals surface area contributed by atoms with Gasteiger partial charge in [-0.25, -0.2) is 0 Å². The van der Waals surface area contributed by atoms with Crippen molar-refractivity contribution in [3.05, 3.63) is 65.2 Å². The van der Waals surface area contributed by atoms with Crippen LogP contribution in [0.5, 0.6) is 0 Å². The number of anilines is 1. The maximum atomic E-state index is 3.39. The summed E-state index contributed by atoms with van der Waals surface area (Å²) in [5, 5.41) is 3.39. The molecule has 0 aliphatic carbocycles. The molecule has 0 bridgehead atoms. The van der Waals surface area contributed by atoms with Crippen LogP contribution < -0.4 is 10.2 Å². The molecule has 0 heterocycles. The molecule has 0 atom stereocenters. The zero-order valence-electron chi connectivity index (χ0n) is 13.4. The lowest BCUT2D eigenvalue weighted by Crippen LogP contribution is -2.20. The van der Waals surface area contributed by atoms with Crippen LogP contribution >= 0.6 is 0 Å². The zero-order chi connectivity index (χ0) is 15.1. The lowest BCUT2D eigenvalue weighted by Gasteiger charge is -2.21. The molecule has 0 saturated carbocycles. The maximum Gasteiger partial charge on any atom is 0.0366 e. The van der Waals surface area contributed by atoms with Gasteiger partial charge >= 0.3 is 0 Å². The molecule has 0 aliphatic heterocycles. The summed E-state index contributed by atoms with van der Waals surface area (Å²) in [7, 11) is 2.17. The van der Waals surface area contributed by atoms with E-state index in [2.05, 4.69) is 79.6 Å². The SMILES string of the molecule is CCNCc1ccc(N(C)CCc2ccccc2)cc1C. The highest BCUT2D eigenvalue weighted by molar-refractivity contribution is 5.50. The number of benzene rings is 2. The van der Waals surface area contributed by atoms with Gasteiger partial charge in [-0.2, -0.15) is 0 Å². The van der Waals surface area contributed by atoms with E-state index in [-0.39, 0.29) is 0 Å². The third kappa shape index (κ3) is 4.61. The molecule has 2 aromatic rings. The first kappa shape index (κ1) is 15.6. The summed E-state index contributed by atoms with van der Waals surface area (Å²) in [6.07, 6.45) is 1.08. The van der Waals surface area contributed by atoms with E-state index in [1.807, 2.05) is 0 Å². The predicted molar refractivity (Wildman–Crippen MR) is 92.0 cm³/mol. The van der Waals surface area contributed by atoms with Gasteiger partial charge in [-0.3, -0.25) is 0 Å². The molecule has 0 fully saturated rings. The van der Waals surface area contributed by atoms with Crippen molar-refractivity contribution in [1.82, 2.24) is 5.32 Å². The number of nitrogens with zero attached hydrogens (tertiary/aromatic N) is 1. The van der Waals surface area contributed by atoms with E-state index >= 15 is 0 Å². The van der Waals surface area contributed by atoms with E-state index < -0.39 is 0 Å². The summed E-state index contributed by atoms with van der Waals surface area (Å²) < 4.78 is 0. The van der Waals surface area contributed by atoms with Gasteiger partial charge in [0.2, 0.25) is 0 Å². The highest BCUT2D eigenvalue weighted by Gasteiger charge is 2.04. The standard InChI is InChI=1S/C19H26N2/c1-4-20-15-18-10-11-19(14-16(18)2)21(3)13-12-17-8-6-5-7-9-17/h5-11,14,20H,4,12-13,15H2,1-3H3. The second-order valence-corrected chi connectivity index (χ2v) is 5.55. The van der Waals surface area contributed by atoms with Crippen LogP contribution in [0, 0.1) is 6.92 Å². The highest BCUT2D eigenvalue weighted by atomic mass is 15.1. The van der Waals surface area contributed by atoms with Crippen LogP contribution in [0.2, 0.25) is 0 Å². The Labute approximate surface area is 128 Å². The number of aryl methyl sites for hydroxylation is 1. The number of nitrogens with one attached hydrogen (secondary N) is 1. The molecule has 0 radical (unpaired) electrons. The van der Waals surface area contributed by atoms with Gasteiger partial charge in [0.25, 0.3) is 0 Å². The molecule has 2 rings (SSSR count). The van der Waals surface area contributed by atoms with Crippen LogP contribution in [0.3, 0.4) is 0 Å². The molecule has 0 spiro atoms. The second kappa shape index (κ2) is 7.84. The predicted octanol–water partition coefficient (Wildman–Crippen LogP) is 3.78. The number of rotatable bonds is 7. The van der Waals surface area contributed by atoms with Crippen LogP contribution in [0.4, 0.5) is 5.69 Å². The molecule has 0 aromatic heterocycles. The molecule has 0 unspecified atom stereocenters. The fraction of sp³-hybridized carbons (Fsp3) is 0.368. The lowest BCUT2D eigenvalue weighted by atomic mass is 10.1. The normalized spacial score (nSPS) is 10.6. The van der Waals surface area contributed by atoms with Crippen LogP contribution in [0.25, 0.3) is 0 Å². The van der Waals surface area contributed by atoms with Gasteiger partial charge in [0.1, 0.15) is 0 Å². The zero-order valence-corrected chi connectivity index (χ0v) is 13.4. The van der Waals surface area contributed by atoms with Crippen LogP contribution in [-0.4, -0.2) is 20.1 Å². The summed E-state index contributed by atoms with van der Waals surface area (Å²) in [6, 6.07) is 17.4. The summed E-state index contributed by atoms with van der Waals surface area (Å²) in [5.74, 6) is 0. The van der Waals surface area contributed by atoms with E-state index in [0.29, 0.717) is 0 Å². The van der Waals surface area contributed by atoms with Gasteiger partial charge in [0.15, 0.2) is 0 Å². The van der Waals surface area contributed by atoms with Gasteiger partial charge in [0.05, 0.1) is 0 Å². The topological polar surface area (TPSA) is 15.3 Å². The Morgan fingerprint density at radius 1 is 1.05 bits per heavy atom. The smallest absolute Gasteiger partial charge is 0.0366 e. The molecule has 2 aromatic carbocycles. The molecule has 0 saturated heterocycles. The maximum absolute atomic E-state index is 3.39. The van der Waals surface area contributed by atoms with E-state index in [4.69, 9.17) is 0 Å². The Balaban J connectivity index is 1.96. The fourth-order valence-corrected chi connectivity index (χ4v) is 2.45. The Morgan fingerprint density at radius 3 is 2.48 bits per heavy atom. The van der Waals surface area contributed by atoms with Crippen molar-refractivity contribution in [3.8, 4) is 0 Å². The van der Waals surface area contributed by atoms with Crippen LogP contribution in [-0.2, 0) is 13.0 Å². The van der Waals surface area contributed by atoms with Gasteiger partial charge in [-0.1, -0.05) is 43.3 Å². The number of hydrogen-bond acceptors (Lipinski definition) is 2. The number of hydrogen-bond donors (Lipinski definition) is 1. The van der Waals surface area contributed by atoms with Crippen molar-refractivity contribution in [3.63, 3.8) is 0 Å². The third-order valence-corrected chi connectivity index (χ3v) is 3.91. The van der Waals surface area contributed by atoms with Crippen molar-refractivity contribution in [1.29, 1.82) is 0 Å². The molecule has 2 heteroatoms. The van der Waals surface area contributed by atoms with E-state index in [1.54, 1.807) is 0 Å². The summed E-state index contributed by atoms with van der Waals surface area (Å²) in [4.78, 5) is 2.33. The van der Waals surface area contributed by atoms with Gasteiger partial charge in [-0.15, -0.1) is 0 Å². The first-order valence-electron chi connectivity index (χ1n) is 7.76. The molecule has 0 aliphatic rings. The third-order valence-electron chi connectivity index (χ3n) is 3.91. The average Bonchev–Trinajstić information content (AvgIpc) is 2.52. The van der Waals surface area contributed by atoms with Crippen molar-refractivity contribution in [2.24, 2.45) is 0 Å². The molecule has 21 heavy (non-hydrogen) atoms. The summed E-state index contributed by atoms with van der Waals surface area (Å²) in [5.41, 5.74) is 5.44. The molecule has 112 valence electrons. The van der Waals surface area contributed by atoms with Gasteiger partial charge < -0.3 is 10.2 Å². The van der Waals surface area contributed by atoms with E-state index in [1.165, 1.54) is 22.4 Å². The Kier molecular flexibility index (Phi) is 5.82. The largest absolute Gasteiger partial charge is 0.374 e. The molecular weight excluding hydrogens is 256 g/mol. The minimum absolute atomic E-state index is 0.955. The van der Waals surface area contributed by atoms with Crippen molar-refractivity contribution in [2.45, 2.75) is 26.8 Å². The fourth-order valence-electron chi connectivity index (χ4n) is 2.45. The van der Waals surface area contributed by atoms with Gasteiger partial charge in [-0.05, 0) is 48.7 Å². The van der Waals surface area contributed by atoms with E-state index in [0.717, 1.165) is 26.1 Å². The minimum atomic E-state index is 0.955. The molecule has 2 nitrogen and oxygen atoms in total. The molecule has 0 amide bonds. The second-order valence-electron chi connectivity index (χ2n) is 5.55. The Bertz CT molecular complexity index is 549. The van der Waals surface area contributed by atoms with Gasteiger partial charge in [0, 0.05) is 25.8 Å². The lowest BCUT2D eigenvalue weighted by molar-refractivity contribution is 0.723. The van der Waals surface area contributed by atoms with Crippen molar-refractivity contribution >= 4 is 5.69 Å². The Morgan fingerprint density at radius 2 is 1.81 bits per heavy atom. The monoisotopic (exact) mass is 282 g/mol. The number of likely N-dealkylation sites (N-methyl/N-ethyl adjacent to an activating group) is 1. The molecular formula is C19H26N2. The first-order chi connectivity index (χ1) is 10.2. The average molecular weight is 282 g/mol. The first-order valence-corrected chi connectivity index (χ1v) is 7.76. The van der Waals surface area contributed by atoms with Crippen LogP contribution in [0.15, 0.2) is 48.5 Å². The van der Waals surface area contributed by atoms with Crippen molar-refractivity contribution in [2.75, 3.05) is 25.0 Å². The summed E-state index contributed by atoms with van der Waals surface area (Å²) >= 11 is 0.